The van der Waals surface area contributed by atoms with Crippen molar-refractivity contribution in [3.05, 3.63) is 53.7 Å². The Balaban J connectivity index is 1.68. The first kappa shape index (κ1) is 18.1. The maximum absolute atomic E-state index is 12.2. The van der Waals surface area contributed by atoms with Gasteiger partial charge in [-0.05, 0) is 38.5 Å². The van der Waals surface area contributed by atoms with E-state index < -0.39 is 0 Å². The van der Waals surface area contributed by atoms with Gasteiger partial charge in [-0.2, -0.15) is 0 Å². The molecule has 0 fully saturated rings. The van der Waals surface area contributed by atoms with E-state index in [1.807, 2.05) is 36.6 Å². The summed E-state index contributed by atoms with van der Waals surface area (Å²) in [5.41, 5.74) is 3.25. The molecule has 2 aromatic heterocycles. The van der Waals surface area contributed by atoms with Crippen molar-refractivity contribution >= 4 is 23.5 Å². The Morgan fingerprint density at radius 3 is 2.69 bits per heavy atom. The molecule has 1 aromatic carbocycles. The normalized spacial score (nSPS) is 10.7. The van der Waals surface area contributed by atoms with Gasteiger partial charge in [0.25, 0.3) is 0 Å². The van der Waals surface area contributed by atoms with Crippen molar-refractivity contribution < 1.29 is 4.79 Å². The van der Waals surface area contributed by atoms with Crippen LogP contribution in [0.25, 0.3) is 11.4 Å². The van der Waals surface area contributed by atoms with Gasteiger partial charge < -0.3 is 9.88 Å². The summed E-state index contributed by atoms with van der Waals surface area (Å²) in [6.45, 7) is 6.79. The zero-order valence-electron chi connectivity index (χ0n) is 15.1. The number of nitrogens with one attached hydrogen (secondary N) is 1. The molecule has 1 amide bonds. The van der Waals surface area contributed by atoms with Gasteiger partial charge in [0.05, 0.1) is 5.75 Å². The molecule has 7 heteroatoms. The van der Waals surface area contributed by atoms with E-state index in [4.69, 9.17) is 0 Å². The smallest absolute Gasteiger partial charge is 0.236 e. The maximum Gasteiger partial charge on any atom is 0.236 e. The van der Waals surface area contributed by atoms with Crippen LogP contribution in [0.3, 0.4) is 0 Å². The Morgan fingerprint density at radius 2 is 2.00 bits per heavy atom. The van der Waals surface area contributed by atoms with E-state index in [-0.39, 0.29) is 11.7 Å². The average molecular weight is 367 g/mol. The van der Waals surface area contributed by atoms with Gasteiger partial charge in [0.15, 0.2) is 11.0 Å². The second-order valence-corrected chi connectivity index (χ2v) is 6.92. The third-order valence-corrected chi connectivity index (χ3v) is 4.79. The van der Waals surface area contributed by atoms with E-state index >= 15 is 0 Å². The molecule has 0 spiro atoms. The standard InChI is InChI=1S/C19H21N5OS/c1-4-24-18(15-7-5-6-13(2)10-15)22-23-19(24)26-12-17(25)21-16-9-8-14(3)11-20-16/h5-11H,4,12H2,1-3H3,(H,20,21,25). The fraction of sp³-hybridized carbons (Fsp3) is 0.263. The second-order valence-electron chi connectivity index (χ2n) is 5.98. The average Bonchev–Trinajstić information content (AvgIpc) is 3.05. The zero-order valence-corrected chi connectivity index (χ0v) is 15.9. The Morgan fingerprint density at radius 1 is 1.15 bits per heavy atom. The molecule has 0 saturated heterocycles. The SMILES string of the molecule is CCn1c(SCC(=O)Nc2ccc(C)cn2)nnc1-c1cccc(C)c1. The molecule has 3 rings (SSSR count). The molecule has 26 heavy (non-hydrogen) atoms. The lowest BCUT2D eigenvalue weighted by Gasteiger charge is -2.08. The molecule has 0 aliphatic carbocycles. The first-order valence-corrected chi connectivity index (χ1v) is 9.41. The van der Waals surface area contributed by atoms with Gasteiger partial charge in [-0.3, -0.25) is 4.79 Å². The summed E-state index contributed by atoms with van der Waals surface area (Å²) in [5, 5.41) is 12.1. The van der Waals surface area contributed by atoms with Crippen LogP contribution in [0.5, 0.6) is 0 Å². The zero-order chi connectivity index (χ0) is 18.5. The molecule has 134 valence electrons. The number of aromatic nitrogens is 4. The maximum atomic E-state index is 12.2. The first-order valence-electron chi connectivity index (χ1n) is 8.42. The molecule has 0 aliphatic heterocycles. The fourth-order valence-corrected chi connectivity index (χ4v) is 3.33. The number of aryl methyl sites for hydroxylation is 2. The van der Waals surface area contributed by atoms with Crippen molar-refractivity contribution in [2.45, 2.75) is 32.5 Å². The summed E-state index contributed by atoms with van der Waals surface area (Å²) < 4.78 is 2.02. The molecular formula is C19H21N5OS. The number of hydrogen-bond donors (Lipinski definition) is 1. The van der Waals surface area contributed by atoms with Crippen molar-refractivity contribution in [3.8, 4) is 11.4 Å². The van der Waals surface area contributed by atoms with Gasteiger partial charge in [-0.15, -0.1) is 10.2 Å². The van der Waals surface area contributed by atoms with Crippen LogP contribution >= 0.6 is 11.8 Å². The molecule has 0 saturated carbocycles. The minimum atomic E-state index is -0.117. The van der Waals surface area contributed by atoms with Crippen molar-refractivity contribution in [2.75, 3.05) is 11.1 Å². The van der Waals surface area contributed by atoms with Gasteiger partial charge >= 0.3 is 0 Å². The van der Waals surface area contributed by atoms with Crippen molar-refractivity contribution in [1.29, 1.82) is 0 Å². The monoisotopic (exact) mass is 367 g/mol. The minimum Gasteiger partial charge on any atom is -0.310 e. The highest BCUT2D eigenvalue weighted by atomic mass is 32.2. The Kier molecular flexibility index (Phi) is 5.68. The van der Waals surface area contributed by atoms with Crippen molar-refractivity contribution in [1.82, 2.24) is 19.7 Å². The topological polar surface area (TPSA) is 72.7 Å². The number of benzene rings is 1. The summed E-state index contributed by atoms with van der Waals surface area (Å²) in [6, 6.07) is 11.9. The highest BCUT2D eigenvalue weighted by Crippen LogP contribution is 2.24. The molecule has 2 heterocycles. The fourth-order valence-electron chi connectivity index (χ4n) is 2.53. The van der Waals surface area contributed by atoms with E-state index in [9.17, 15) is 4.79 Å². The number of hydrogen-bond acceptors (Lipinski definition) is 5. The molecular weight excluding hydrogens is 346 g/mol. The van der Waals surface area contributed by atoms with E-state index in [0.717, 1.165) is 28.7 Å². The molecule has 0 bridgehead atoms. The largest absolute Gasteiger partial charge is 0.310 e. The van der Waals surface area contributed by atoms with Crippen molar-refractivity contribution in [3.63, 3.8) is 0 Å². The summed E-state index contributed by atoms with van der Waals surface area (Å²) in [6.07, 6.45) is 1.73. The Hall–Kier alpha value is -2.67. The number of anilines is 1. The van der Waals surface area contributed by atoms with E-state index in [1.165, 1.54) is 17.3 Å². The highest BCUT2D eigenvalue weighted by molar-refractivity contribution is 7.99. The molecule has 0 aliphatic rings. The second kappa shape index (κ2) is 8.14. The summed E-state index contributed by atoms with van der Waals surface area (Å²) >= 11 is 1.37. The number of nitrogens with zero attached hydrogens (tertiary/aromatic N) is 4. The van der Waals surface area contributed by atoms with Crippen LogP contribution in [-0.4, -0.2) is 31.4 Å². The quantitative estimate of drug-likeness (QED) is 0.673. The van der Waals surface area contributed by atoms with Crippen LogP contribution in [0.1, 0.15) is 18.1 Å². The lowest BCUT2D eigenvalue weighted by molar-refractivity contribution is -0.113. The molecule has 0 unspecified atom stereocenters. The van der Waals surface area contributed by atoms with E-state index in [0.29, 0.717) is 5.82 Å². The lowest BCUT2D eigenvalue weighted by Crippen LogP contribution is -2.15. The number of rotatable bonds is 6. The number of thioether (sulfide) groups is 1. The lowest BCUT2D eigenvalue weighted by atomic mass is 10.1. The number of pyridine rings is 1. The summed E-state index contributed by atoms with van der Waals surface area (Å²) in [4.78, 5) is 16.3. The van der Waals surface area contributed by atoms with Crippen molar-refractivity contribution in [2.24, 2.45) is 0 Å². The van der Waals surface area contributed by atoms with Crippen LogP contribution in [0, 0.1) is 13.8 Å². The van der Waals surface area contributed by atoms with Gasteiger partial charge in [-0.1, -0.05) is 41.6 Å². The number of amides is 1. The minimum absolute atomic E-state index is 0.117. The molecule has 1 N–H and O–H groups in total. The van der Waals surface area contributed by atoms with Crippen LogP contribution in [0.4, 0.5) is 5.82 Å². The van der Waals surface area contributed by atoms with Crippen LogP contribution in [0.2, 0.25) is 0 Å². The van der Waals surface area contributed by atoms with E-state index in [2.05, 4.69) is 39.6 Å². The summed E-state index contributed by atoms with van der Waals surface area (Å²) in [5.74, 6) is 1.51. The molecule has 6 nitrogen and oxygen atoms in total. The predicted molar refractivity (Wildman–Crippen MR) is 104 cm³/mol. The summed E-state index contributed by atoms with van der Waals surface area (Å²) in [7, 11) is 0. The molecule has 0 atom stereocenters. The predicted octanol–water partition coefficient (Wildman–Crippen LogP) is 3.71. The van der Waals surface area contributed by atoms with Crippen LogP contribution in [-0.2, 0) is 11.3 Å². The molecule has 0 radical (unpaired) electrons. The van der Waals surface area contributed by atoms with Gasteiger partial charge in [0.2, 0.25) is 5.91 Å². The van der Waals surface area contributed by atoms with Gasteiger partial charge in [-0.25, -0.2) is 4.98 Å². The molecule has 3 aromatic rings. The number of carbonyl (C=O) groups is 1. The van der Waals surface area contributed by atoms with Crippen LogP contribution in [0.15, 0.2) is 47.8 Å². The van der Waals surface area contributed by atoms with E-state index in [1.54, 1.807) is 12.3 Å². The first-order chi connectivity index (χ1) is 12.6. The van der Waals surface area contributed by atoms with Gasteiger partial charge in [0, 0.05) is 18.3 Å². The third kappa shape index (κ3) is 4.29. The Labute approximate surface area is 157 Å². The van der Waals surface area contributed by atoms with Gasteiger partial charge in [0.1, 0.15) is 5.82 Å². The highest BCUT2D eigenvalue weighted by Gasteiger charge is 2.15. The third-order valence-electron chi connectivity index (χ3n) is 3.82. The van der Waals surface area contributed by atoms with Crippen LogP contribution < -0.4 is 5.32 Å². The number of carbonyl (C=O) groups excluding carboxylic acids is 1. The Bertz CT molecular complexity index is 905.